The number of hydrogen-bond acceptors (Lipinski definition) is 8. The monoisotopic (exact) mass is 564 g/mol. The normalized spacial score (nSPS) is 16.5. The van der Waals surface area contributed by atoms with Crippen molar-refractivity contribution in [2.75, 3.05) is 77.5 Å². The molecule has 0 spiro atoms. The summed E-state index contributed by atoms with van der Waals surface area (Å²) in [4.78, 5) is 26.5. The predicted molar refractivity (Wildman–Crippen MR) is 162 cm³/mol. The molecule has 0 unspecified atom stereocenters. The molecule has 2 saturated heterocycles. The zero-order chi connectivity index (χ0) is 28.9. The fourth-order valence-electron chi connectivity index (χ4n) is 5.64. The maximum absolute atomic E-state index is 12.8. The van der Waals surface area contributed by atoms with Crippen LogP contribution >= 0.6 is 0 Å². The number of fused-ring (bicyclic) bond motifs is 1. The van der Waals surface area contributed by atoms with Crippen LogP contribution < -0.4 is 9.64 Å². The van der Waals surface area contributed by atoms with Gasteiger partial charge >= 0.3 is 0 Å². The zero-order valence-corrected chi connectivity index (χ0v) is 24.0. The Hall–Kier alpha value is -4.46. The number of likely N-dealkylation sites (N-methyl/N-ethyl adjacent to an activating group) is 1. The molecule has 0 saturated carbocycles. The van der Waals surface area contributed by atoms with Gasteiger partial charge in [-0.3, -0.25) is 9.69 Å². The van der Waals surface area contributed by atoms with E-state index in [1.807, 2.05) is 65.8 Å². The molecule has 0 aliphatic carbocycles. The zero-order valence-electron chi connectivity index (χ0n) is 24.0. The van der Waals surface area contributed by atoms with Gasteiger partial charge in [0.05, 0.1) is 29.9 Å². The van der Waals surface area contributed by atoms with Crippen molar-refractivity contribution >= 4 is 17.2 Å². The number of piperazine rings is 2. The molecule has 0 N–H and O–H groups in total. The topological polar surface area (TPSA) is 93.2 Å². The lowest BCUT2D eigenvalue weighted by atomic mass is 10.1. The molecular weight excluding hydrogens is 528 g/mol. The van der Waals surface area contributed by atoms with E-state index in [0.29, 0.717) is 37.4 Å². The minimum Gasteiger partial charge on any atom is -0.491 e. The highest BCUT2D eigenvalue weighted by atomic mass is 16.5. The number of nitriles is 1. The minimum absolute atomic E-state index is 0.160. The van der Waals surface area contributed by atoms with Gasteiger partial charge in [0.1, 0.15) is 24.2 Å². The molecule has 0 atom stereocenters. The van der Waals surface area contributed by atoms with Gasteiger partial charge in [0.25, 0.3) is 0 Å². The second-order valence-electron chi connectivity index (χ2n) is 11.0. The maximum atomic E-state index is 12.8. The number of carbonyl (C=O) groups excluding carboxylic acids is 1. The smallest absolute Gasteiger partial charge is 0.227 e. The van der Waals surface area contributed by atoms with E-state index in [2.05, 4.69) is 32.9 Å². The Morgan fingerprint density at radius 3 is 2.48 bits per heavy atom. The van der Waals surface area contributed by atoms with Crippen molar-refractivity contribution in [3.8, 4) is 22.9 Å². The van der Waals surface area contributed by atoms with Crippen LogP contribution in [-0.4, -0.2) is 108 Å². The lowest BCUT2D eigenvalue weighted by Crippen LogP contribution is -2.49. The first kappa shape index (κ1) is 27.7. The Morgan fingerprint density at radius 2 is 1.76 bits per heavy atom. The largest absolute Gasteiger partial charge is 0.491 e. The van der Waals surface area contributed by atoms with Crippen molar-refractivity contribution in [1.29, 1.82) is 5.26 Å². The van der Waals surface area contributed by atoms with Gasteiger partial charge < -0.3 is 19.4 Å². The van der Waals surface area contributed by atoms with Crippen LogP contribution in [0.15, 0.2) is 67.1 Å². The minimum atomic E-state index is 0.160. The molecule has 10 nitrogen and oxygen atoms in total. The number of carbonyl (C=O) groups is 1. The quantitative estimate of drug-likeness (QED) is 0.323. The molecule has 1 aromatic carbocycles. The van der Waals surface area contributed by atoms with Gasteiger partial charge in [-0.15, -0.1) is 0 Å². The number of pyridine rings is 2. The van der Waals surface area contributed by atoms with Crippen molar-refractivity contribution in [2.45, 2.75) is 6.42 Å². The van der Waals surface area contributed by atoms with Gasteiger partial charge in [0.15, 0.2) is 0 Å². The highest BCUT2D eigenvalue weighted by Gasteiger charge is 2.22. The van der Waals surface area contributed by atoms with Crippen LogP contribution in [0.25, 0.3) is 16.6 Å². The van der Waals surface area contributed by atoms with Crippen LogP contribution in [0.1, 0.15) is 11.1 Å². The van der Waals surface area contributed by atoms with E-state index in [4.69, 9.17) is 9.72 Å². The number of anilines is 1. The van der Waals surface area contributed by atoms with Crippen LogP contribution in [0.3, 0.4) is 0 Å². The summed E-state index contributed by atoms with van der Waals surface area (Å²) in [6, 6.07) is 18.2. The Balaban J connectivity index is 1.12. The molecule has 0 bridgehead atoms. The number of benzene rings is 1. The second kappa shape index (κ2) is 12.6. The Kier molecular flexibility index (Phi) is 8.30. The molecule has 2 fully saturated rings. The summed E-state index contributed by atoms with van der Waals surface area (Å²) in [5, 5.41) is 14.2. The van der Waals surface area contributed by atoms with Crippen LogP contribution in [0.4, 0.5) is 5.82 Å². The first-order valence-electron chi connectivity index (χ1n) is 14.6. The number of nitrogens with zero attached hydrogens (tertiary/aromatic N) is 8. The van der Waals surface area contributed by atoms with Crippen molar-refractivity contribution < 1.29 is 9.53 Å². The SMILES string of the molecule is CN1CCN(CCOc2cc(-c3ccc(N4CCN(C(=O)Cc5ccccc5)CC4)nc3)c3c(C#N)cnn3c2)CC1. The summed E-state index contributed by atoms with van der Waals surface area (Å²) < 4.78 is 7.90. The van der Waals surface area contributed by atoms with Crippen LogP contribution in [0.2, 0.25) is 0 Å². The van der Waals surface area contributed by atoms with Crippen molar-refractivity contribution in [3.63, 3.8) is 0 Å². The standard InChI is InChI=1S/C32H36N8O2/c1-36-9-11-37(12-10-36)17-18-42-28-20-29(32-27(21-33)23-35-40(32)24-28)26-7-8-30(34-22-26)38-13-15-39(16-14-38)31(41)19-25-5-3-2-4-6-25/h2-8,20,22-24H,9-19H2,1H3. The van der Waals surface area contributed by atoms with Gasteiger partial charge in [0.2, 0.25) is 5.91 Å². The van der Waals surface area contributed by atoms with Crippen LogP contribution in [-0.2, 0) is 11.2 Å². The molecule has 5 heterocycles. The fourth-order valence-corrected chi connectivity index (χ4v) is 5.64. The summed E-state index contributed by atoms with van der Waals surface area (Å²) in [6.07, 6.45) is 5.71. The third-order valence-electron chi connectivity index (χ3n) is 8.19. The molecule has 2 aliphatic rings. The Morgan fingerprint density at radius 1 is 0.976 bits per heavy atom. The highest BCUT2D eigenvalue weighted by Crippen LogP contribution is 2.31. The van der Waals surface area contributed by atoms with Gasteiger partial charge in [0, 0.05) is 76.2 Å². The Labute approximate surface area is 246 Å². The summed E-state index contributed by atoms with van der Waals surface area (Å²) in [5.74, 6) is 1.74. The lowest BCUT2D eigenvalue weighted by Gasteiger charge is -2.35. The summed E-state index contributed by atoms with van der Waals surface area (Å²) in [7, 11) is 2.15. The van der Waals surface area contributed by atoms with E-state index in [0.717, 1.165) is 73.8 Å². The molecule has 6 rings (SSSR count). The average Bonchev–Trinajstić information content (AvgIpc) is 3.45. The fraction of sp³-hybridized carbons (Fsp3) is 0.375. The molecule has 1 amide bonds. The number of ether oxygens (including phenoxy) is 1. The van der Waals surface area contributed by atoms with E-state index in [1.165, 1.54) is 0 Å². The van der Waals surface area contributed by atoms with Crippen LogP contribution in [0, 0.1) is 11.3 Å². The van der Waals surface area contributed by atoms with Crippen molar-refractivity contribution in [2.24, 2.45) is 0 Å². The molecule has 0 radical (unpaired) electrons. The molecule has 216 valence electrons. The second-order valence-corrected chi connectivity index (χ2v) is 11.0. The van der Waals surface area contributed by atoms with E-state index >= 15 is 0 Å². The van der Waals surface area contributed by atoms with E-state index in [1.54, 1.807) is 10.7 Å². The van der Waals surface area contributed by atoms with Crippen molar-refractivity contribution in [1.82, 2.24) is 29.3 Å². The maximum Gasteiger partial charge on any atom is 0.227 e. The number of hydrogen-bond donors (Lipinski definition) is 0. The molecule has 3 aromatic heterocycles. The predicted octanol–water partition coefficient (Wildman–Crippen LogP) is 2.79. The van der Waals surface area contributed by atoms with Crippen LogP contribution in [0.5, 0.6) is 5.75 Å². The average molecular weight is 565 g/mol. The van der Waals surface area contributed by atoms with Gasteiger partial charge in [-0.05, 0) is 30.8 Å². The number of rotatable bonds is 8. The summed E-state index contributed by atoms with van der Waals surface area (Å²) >= 11 is 0. The molecule has 42 heavy (non-hydrogen) atoms. The van der Waals surface area contributed by atoms with Crippen molar-refractivity contribution in [3.05, 3.63) is 78.2 Å². The van der Waals surface area contributed by atoms with E-state index in [9.17, 15) is 10.1 Å². The van der Waals surface area contributed by atoms with Gasteiger partial charge in [-0.25, -0.2) is 9.50 Å². The lowest BCUT2D eigenvalue weighted by molar-refractivity contribution is -0.130. The third kappa shape index (κ3) is 6.22. The van der Waals surface area contributed by atoms with Gasteiger partial charge in [-0.2, -0.15) is 10.4 Å². The highest BCUT2D eigenvalue weighted by molar-refractivity contribution is 5.85. The first-order valence-corrected chi connectivity index (χ1v) is 14.6. The number of aromatic nitrogens is 3. The summed E-state index contributed by atoms with van der Waals surface area (Å²) in [6.45, 7) is 8.50. The third-order valence-corrected chi connectivity index (χ3v) is 8.19. The Bertz CT molecular complexity index is 1550. The first-order chi connectivity index (χ1) is 20.6. The summed E-state index contributed by atoms with van der Waals surface area (Å²) in [5.41, 5.74) is 4.04. The van der Waals surface area contributed by atoms with Gasteiger partial charge in [-0.1, -0.05) is 30.3 Å². The van der Waals surface area contributed by atoms with E-state index in [-0.39, 0.29) is 5.91 Å². The molecular formula is C32H36N8O2. The van der Waals surface area contributed by atoms with E-state index < -0.39 is 0 Å². The number of amides is 1. The molecule has 4 aromatic rings. The molecule has 2 aliphatic heterocycles. The molecule has 10 heteroatoms.